The molecular weight excluding hydrogens is 371 g/mol. The average molecular weight is 387 g/mol. The van der Waals surface area contributed by atoms with Crippen molar-refractivity contribution in [2.75, 3.05) is 17.2 Å². The van der Waals surface area contributed by atoms with Gasteiger partial charge < -0.3 is 15.4 Å². The van der Waals surface area contributed by atoms with Crippen molar-refractivity contribution in [3.8, 4) is 5.75 Å². The van der Waals surface area contributed by atoms with Crippen LogP contribution in [0.4, 0.5) is 16.0 Å². The predicted octanol–water partition coefficient (Wildman–Crippen LogP) is 3.90. The van der Waals surface area contributed by atoms with Gasteiger partial charge in [-0.25, -0.2) is 4.39 Å². The number of ether oxygens (including phenoxy) is 1. The van der Waals surface area contributed by atoms with Crippen LogP contribution in [0.1, 0.15) is 5.56 Å². The number of nitrogens with zero attached hydrogens (tertiary/aromatic N) is 2. The highest BCUT2D eigenvalue weighted by Gasteiger charge is 2.06. The summed E-state index contributed by atoms with van der Waals surface area (Å²) >= 11 is 5.79. The number of benzene rings is 2. The minimum atomic E-state index is -0.369. The van der Waals surface area contributed by atoms with Crippen LogP contribution in [0.2, 0.25) is 5.02 Å². The molecule has 0 fully saturated rings. The molecule has 0 aliphatic heterocycles. The SMILES string of the molecule is O=C(COc1ccc(Cl)cc1)Nc1ccc(NCc2ccccc2F)nn1. The van der Waals surface area contributed by atoms with Gasteiger partial charge in [-0.2, -0.15) is 0 Å². The summed E-state index contributed by atoms with van der Waals surface area (Å²) in [5, 5.41) is 14.0. The van der Waals surface area contributed by atoms with Gasteiger partial charge in [-0.15, -0.1) is 10.2 Å². The Kier molecular flexibility index (Phi) is 6.17. The van der Waals surface area contributed by atoms with E-state index in [4.69, 9.17) is 16.3 Å². The fourth-order valence-corrected chi connectivity index (χ4v) is 2.31. The van der Waals surface area contributed by atoms with Crippen molar-refractivity contribution in [2.45, 2.75) is 6.54 Å². The maximum absolute atomic E-state index is 13.6. The Balaban J connectivity index is 1.47. The molecule has 0 unspecified atom stereocenters. The number of halogens is 2. The number of rotatable bonds is 7. The van der Waals surface area contributed by atoms with Crippen LogP contribution >= 0.6 is 11.6 Å². The van der Waals surface area contributed by atoms with Crippen LogP contribution in [-0.2, 0) is 11.3 Å². The molecule has 1 aromatic heterocycles. The molecule has 8 heteroatoms. The first-order valence-corrected chi connectivity index (χ1v) is 8.47. The molecule has 0 saturated heterocycles. The third kappa shape index (κ3) is 5.65. The molecule has 0 aliphatic rings. The molecule has 0 aliphatic carbocycles. The standard InChI is InChI=1S/C19H16ClFN4O2/c20-14-5-7-15(8-6-14)27-12-19(26)23-18-10-9-17(24-25-18)22-11-13-3-1-2-4-16(13)21/h1-10H,11-12H2,(H,22,24)(H,23,25,26). The van der Waals surface area contributed by atoms with Crippen molar-refractivity contribution in [2.24, 2.45) is 0 Å². The fraction of sp³-hybridized carbons (Fsp3) is 0.105. The molecule has 2 N–H and O–H groups in total. The predicted molar refractivity (Wildman–Crippen MR) is 101 cm³/mol. The Labute approximate surface area is 160 Å². The minimum Gasteiger partial charge on any atom is -0.484 e. The van der Waals surface area contributed by atoms with Crippen molar-refractivity contribution in [3.05, 3.63) is 77.1 Å². The van der Waals surface area contributed by atoms with Gasteiger partial charge in [-0.05, 0) is 42.5 Å². The van der Waals surface area contributed by atoms with Gasteiger partial charge in [0, 0.05) is 17.1 Å². The largest absolute Gasteiger partial charge is 0.484 e. The van der Waals surface area contributed by atoms with Crippen LogP contribution in [-0.4, -0.2) is 22.7 Å². The van der Waals surface area contributed by atoms with E-state index in [0.717, 1.165) is 0 Å². The lowest BCUT2D eigenvalue weighted by Gasteiger charge is -2.08. The first kappa shape index (κ1) is 18.6. The van der Waals surface area contributed by atoms with E-state index in [9.17, 15) is 9.18 Å². The number of carbonyl (C=O) groups excluding carboxylic acids is 1. The van der Waals surface area contributed by atoms with Gasteiger partial charge in [0.05, 0.1) is 0 Å². The first-order chi connectivity index (χ1) is 13.1. The second kappa shape index (κ2) is 8.95. The first-order valence-electron chi connectivity index (χ1n) is 8.09. The number of carbonyl (C=O) groups is 1. The van der Waals surface area contributed by atoms with E-state index >= 15 is 0 Å². The summed E-state index contributed by atoms with van der Waals surface area (Å²) in [5.41, 5.74) is 0.524. The zero-order valence-electron chi connectivity index (χ0n) is 14.2. The lowest BCUT2D eigenvalue weighted by atomic mass is 10.2. The quantitative estimate of drug-likeness (QED) is 0.644. The van der Waals surface area contributed by atoms with Crippen LogP contribution in [0.25, 0.3) is 0 Å². The summed E-state index contributed by atoms with van der Waals surface area (Å²) in [6, 6.07) is 16.4. The van der Waals surface area contributed by atoms with E-state index in [0.29, 0.717) is 22.2 Å². The maximum Gasteiger partial charge on any atom is 0.263 e. The molecule has 0 atom stereocenters. The van der Waals surface area contributed by atoms with E-state index in [1.165, 1.54) is 6.07 Å². The van der Waals surface area contributed by atoms with Gasteiger partial charge in [-0.1, -0.05) is 29.8 Å². The molecule has 3 aromatic rings. The molecule has 0 saturated carbocycles. The molecule has 27 heavy (non-hydrogen) atoms. The lowest BCUT2D eigenvalue weighted by molar-refractivity contribution is -0.118. The Hall–Kier alpha value is -3.19. The molecule has 0 bridgehead atoms. The van der Waals surface area contributed by atoms with Crippen molar-refractivity contribution in [1.29, 1.82) is 0 Å². The average Bonchev–Trinajstić information content (AvgIpc) is 2.68. The van der Waals surface area contributed by atoms with Crippen molar-refractivity contribution in [3.63, 3.8) is 0 Å². The minimum absolute atomic E-state index is 0.170. The summed E-state index contributed by atoms with van der Waals surface area (Å²) in [6.07, 6.45) is 0. The Bertz CT molecular complexity index is 904. The molecule has 1 heterocycles. The molecule has 138 valence electrons. The van der Waals surface area contributed by atoms with Gasteiger partial charge in [0.2, 0.25) is 0 Å². The third-order valence-corrected chi connectivity index (χ3v) is 3.79. The zero-order valence-corrected chi connectivity index (χ0v) is 14.9. The number of anilines is 2. The van der Waals surface area contributed by atoms with Gasteiger partial charge in [0.25, 0.3) is 5.91 Å². The van der Waals surface area contributed by atoms with Crippen molar-refractivity contribution < 1.29 is 13.9 Å². The van der Waals surface area contributed by atoms with Crippen LogP contribution < -0.4 is 15.4 Å². The van der Waals surface area contributed by atoms with Crippen molar-refractivity contribution in [1.82, 2.24) is 10.2 Å². The number of aromatic nitrogens is 2. The maximum atomic E-state index is 13.6. The van der Waals surface area contributed by atoms with Gasteiger partial charge >= 0.3 is 0 Å². The summed E-state index contributed by atoms with van der Waals surface area (Å²) in [6.45, 7) is 0.110. The third-order valence-electron chi connectivity index (χ3n) is 3.53. The molecule has 3 rings (SSSR count). The second-order valence-electron chi connectivity index (χ2n) is 5.54. The number of nitrogens with one attached hydrogen (secondary N) is 2. The molecule has 0 spiro atoms. The molecular formula is C19H16ClFN4O2. The second-order valence-corrected chi connectivity index (χ2v) is 5.98. The summed E-state index contributed by atoms with van der Waals surface area (Å²) in [4.78, 5) is 11.9. The number of hydrogen-bond donors (Lipinski definition) is 2. The van der Waals surface area contributed by atoms with Crippen LogP contribution in [0, 0.1) is 5.82 Å². The van der Waals surface area contributed by atoms with Crippen LogP contribution in [0.5, 0.6) is 5.75 Å². The molecule has 0 radical (unpaired) electrons. The summed E-state index contributed by atoms with van der Waals surface area (Å²) < 4.78 is 18.9. The highest BCUT2D eigenvalue weighted by atomic mass is 35.5. The van der Waals surface area contributed by atoms with E-state index in [-0.39, 0.29) is 30.7 Å². The van der Waals surface area contributed by atoms with E-state index < -0.39 is 0 Å². The van der Waals surface area contributed by atoms with E-state index in [2.05, 4.69) is 20.8 Å². The van der Waals surface area contributed by atoms with Gasteiger partial charge in [0.1, 0.15) is 17.4 Å². The Morgan fingerprint density at radius 3 is 2.41 bits per heavy atom. The van der Waals surface area contributed by atoms with Crippen LogP contribution in [0.3, 0.4) is 0 Å². The Morgan fingerprint density at radius 1 is 1.00 bits per heavy atom. The summed E-state index contributed by atoms with van der Waals surface area (Å²) in [7, 11) is 0. The molecule has 6 nitrogen and oxygen atoms in total. The molecule has 2 aromatic carbocycles. The smallest absolute Gasteiger partial charge is 0.263 e. The fourth-order valence-electron chi connectivity index (χ4n) is 2.18. The van der Waals surface area contributed by atoms with Crippen molar-refractivity contribution >= 4 is 29.1 Å². The lowest BCUT2D eigenvalue weighted by Crippen LogP contribution is -2.21. The van der Waals surface area contributed by atoms with Gasteiger partial charge in [-0.3, -0.25) is 4.79 Å². The zero-order chi connectivity index (χ0) is 19.1. The normalized spacial score (nSPS) is 10.3. The highest BCUT2D eigenvalue weighted by molar-refractivity contribution is 6.30. The number of hydrogen-bond acceptors (Lipinski definition) is 5. The molecule has 1 amide bonds. The van der Waals surface area contributed by atoms with Crippen LogP contribution in [0.15, 0.2) is 60.7 Å². The van der Waals surface area contributed by atoms with E-state index in [1.54, 1.807) is 54.6 Å². The highest BCUT2D eigenvalue weighted by Crippen LogP contribution is 2.15. The topological polar surface area (TPSA) is 76.1 Å². The monoisotopic (exact) mass is 386 g/mol. The van der Waals surface area contributed by atoms with Gasteiger partial charge in [0.15, 0.2) is 12.4 Å². The van der Waals surface area contributed by atoms with E-state index in [1.807, 2.05) is 0 Å². The number of amides is 1. The summed E-state index contributed by atoms with van der Waals surface area (Å²) in [5.74, 6) is 0.631. The Morgan fingerprint density at radius 2 is 1.70 bits per heavy atom.